The zero-order valence-electron chi connectivity index (χ0n) is 14.7. The molecule has 146 valence electrons. The number of nitro benzene ring substituents is 1. The van der Waals surface area contributed by atoms with E-state index in [9.17, 15) is 28.4 Å². The van der Waals surface area contributed by atoms with Crippen LogP contribution >= 0.6 is 0 Å². The molecular weight excluding hydrogens is 398 g/mol. The molecule has 0 aromatic heterocycles. The number of ketones is 1. The minimum Gasteiger partial charge on any atom is -0.499 e. The minimum atomic E-state index is -4.39. The lowest BCUT2D eigenvalue weighted by molar-refractivity contribution is -0.389. The molecule has 0 radical (unpaired) electrons. The second kappa shape index (κ2) is 6.71. The number of phenolic OH excluding ortho intramolecular Hbond substituents is 1. The fraction of sp³-hybridized carbons (Fsp3) is 0.0500. The molecule has 0 saturated heterocycles. The molecule has 3 aromatic rings. The average Bonchev–Trinajstić information content (AvgIpc) is 2.71. The van der Waals surface area contributed by atoms with Crippen molar-refractivity contribution in [3.8, 4) is 11.5 Å². The van der Waals surface area contributed by atoms with Gasteiger partial charge in [-0.05, 0) is 23.8 Å². The number of phenols is 1. The molecule has 29 heavy (non-hydrogen) atoms. The summed E-state index contributed by atoms with van der Waals surface area (Å²) in [5.74, 6) is -1.99. The van der Waals surface area contributed by atoms with Gasteiger partial charge in [-0.15, -0.1) is 0 Å². The molecule has 0 bridgehead atoms. The topological polar surface area (TPSA) is 124 Å². The van der Waals surface area contributed by atoms with Gasteiger partial charge < -0.3 is 9.84 Å². The molecule has 0 atom stereocenters. The van der Waals surface area contributed by atoms with Crippen molar-refractivity contribution in [1.29, 1.82) is 0 Å². The summed E-state index contributed by atoms with van der Waals surface area (Å²) in [5, 5.41) is 22.1. The van der Waals surface area contributed by atoms with E-state index in [1.807, 2.05) is 0 Å². The van der Waals surface area contributed by atoms with Gasteiger partial charge in [0.15, 0.2) is 16.4 Å². The number of carbonyl (C=O) groups is 1. The molecular formula is C20H13NO7S. The van der Waals surface area contributed by atoms with Crippen molar-refractivity contribution in [3.63, 3.8) is 0 Å². The van der Waals surface area contributed by atoms with Gasteiger partial charge in [-0.1, -0.05) is 42.5 Å². The van der Waals surface area contributed by atoms with E-state index in [1.54, 1.807) is 30.3 Å². The zero-order valence-corrected chi connectivity index (χ0v) is 15.5. The van der Waals surface area contributed by atoms with E-state index in [1.165, 1.54) is 24.3 Å². The van der Waals surface area contributed by atoms with Crippen molar-refractivity contribution in [2.24, 2.45) is 0 Å². The number of rotatable bonds is 4. The van der Waals surface area contributed by atoms with E-state index < -0.39 is 42.4 Å². The van der Waals surface area contributed by atoms with E-state index in [2.05, 4.69) is 0 Å². The van der Waals surface area contributed by atoms with Gasteiger partial charge in [-0.25, -0.2) is 8.42 Å². The minimum absolute atomic E-state index is 0.0398. The van der Waals surface area contributed by atoms with E-state index in [-0.39, 0.29) is 22.8 Å². The van der Waals surface area contributed by atoms with E-state index in [0.29, 0.717) is 0 Å². The molecule has 0 aliphatic carbocycles. The third kappa shape index (κ3) is 2.92. The van der Waals surface area contributed by atoms with Crippen LogP contribution in [-0.4, -0.2) is 24.2 Å². The summed E-state index contributed by atoms with van der Waals surface area (Å²) in [6.45, 7) is -0.0398. The highest BCUT2D eigenvalue weighted by Crippen LogP contribution is 2.48. The number of aromatic hydroxyl groups is 1. The third-order valence-corrected chi connectivity index (χ3v) is 6.43. The molecule has 1 heterocycles. The molecule has 0 spiro atoms. The number of ether oxygens (including phenoxy) is 1. The Labute approximate surface area is 165 Å². The van der Waals surface area contributed by atoms with Crippen LogP contribution in [0.15, 0.2) is 70.5 Å². The molecule has 0 fully saturated rings. The van der Waals surface area contributed by atoms with Crippen molar-refractivity contribution < 1.29 is 28.0 Å². The van der Waals surface area contributed by atoms with E-state index >= 15 is 0 Å². The summed E-state index contributed by atoms with van der Waals surface area (Å²) in [6.07, 6.45) is 0. The maximum absolute atomic E-state index is 13.0. The standard InChI is InChI=1S/C20H13NO7S/c22-18-13-8-4-5-9-16(13)29(26,27)20-14(18)10-15(19(23)17(20)21(24)25)28-11-12-6-2-1-3-7-12/h1-10,23H,11H2. The molecule has 4 rings (SSSR count). The summed E-state index contributed by atoms with van der Waals surface area (Å²) in [6, 6.07) is 15.3. The quantitative estimate of drug-likeness (QED) is 0.404. The number of hydrogen-bond acceptors (Lipinski definition) is 7. The summed E-state index contributed by atoms with van der Waals surface area (Å²) in [5.41, 5.74) is -0.852. The van der Waals surface area contributed by atoms with Crippen LogP contribution < -0.4 is 4.74 Å². The Hall–Kier alpha value is -3.72. The Morgan fingerprint density at radius 1 is 1.00 bits per heavy atom. The van der Waals surface area contributed by atoms with Crippen LogP contribution in [-0.2, 0) is 16.4 Å². The second-order valence-corrected chi connectivity index (χ2v) is 8.16. The Morgan fingerprint density at radius 2 is 1.66 bits per heavy atom. The lowest BCUT2D eigenvalue weighted by Gasteiger charge is -2.20. The van der Waals surface area contributed by atoms with Crippen LogP contribution in [0.4, 0.5) is 5.69 Å². The molecule has 8 nitrogen and oxygen atoms in total. The summed E-state index contributed by atoms with van der Waals surface area (Å²) < 4.78 is 31.5. The van der Waals surface area contributed by atoms with Gasteiger partial charge >= 0.3 is 5.69 Å². The number of nitrogens with zero attached hydrogens (tertiary/aromatic N) is 1. The number of sulfone groups is 1. The molecule has 0 saturated carbocycles. The van der Waals surface area contributed by atoms with E-state index in [4.69, 9.17) is 4.74 Å². The number of carbonyl (C=O) groups excluding carboxylic acids is 1. The van der Waals surface area contributed by atoms with Crippen LogP contribution in [0.2, 0.25) is 0 Å². The van der Waals surface area contributed by atoms with Crippen LogP contribution in [0.1, 0.15) is 21.5 Å². The Morgan fingerprint density at radius 3 is 2.34 bits per heavy atom. The molecule has 1 N–H and O–H groups in total. The summed E-state index contributed by atoms with van der Waals surface area (Å²) in [4.78, 5) is 22.3. The first-order chi connectivity index (χ1) is 13.8. The highest BCUT2D eigenvalue weighted by molar-refractivity contribution is 7.92. The first kappa shape index (κ1) is 18.6. The molecule has 0 amide bonds. The Kier molecular flexibility index (Phi) is 4.31. The zero-order chi connectivity index (χ0) is 20.8. The largest absolute Gasteiger partial charge is 0.499 e. The van der Waals surface area contributed by atoms with Crippen molar-refractivity contribution in [2.45, 2.75) is 16.4 Å². The highest BCUT2D eigenvalue weighted by atomic mass is 32.2. The van der Waals surface area contributed by atoms with Crippen molar-refractivity contribution >= 4 is 21.3 Å². The average molecular weight is 411 g/mol. The Balaban J connectivity index is 1.92. The van der Waals surface area contributed by atoms with Crippen LogP contribution in [0, 0.1) is 10.1 Å². The van der Waals surface area contributed by atoms with Gasteiger partial charge in [-0.2, -0.15) is 0 Å². The lowest BCUT2D eigenvalue weighted by Crippen LogP contribution is -2.21. The molecule has 1 aliphatic rings. The number of benzene rings is 3. The van der Waals surface area contributed by atoms with Gasteiger partial charge in [-0.3, -0.25) is 14.9 Å². The van der Waals surface area contributed by atoms with Gasteiger partial charge in [0.25, 0.3) is 0 Å². The predicted molar refractivity (Wildman–Crippen MR) is 101 cm³/mol. The third-order valence-electron chi connectivity index (χ3n) is 4.55. The molecule has 3 aromatic carbocycles. The second-order valence-electron chi connectivity index (χ2n) is 6.31. The number of hydrogen-bond donors (Lipinski definition) is 1. The maximum atomic E-state index is 13.0. The monoisotopic (exact) mass is 411 g/mol. The fourth-order valence-electron chi connectivity index (χ4n) is 3.22. The first-order valence-corrected chi connectivity index (χ1v) is 9.90. The van der Waals surface area contributed by atoms with Crippen LogP contribution in [0.25, 0.3) is 0 Å². The molecule has 0 unspecified atom stereocenters. The smallest absolute Gasteiger partial charge is 0.334 e. The molecule has 1 aliphatic heterocycles. The van der Waals surface area contributed by atoms with E-state index in [0.717, 1.165) is 11.6 Å². The predicted octanol–water partition coefficient (Wildman–Crippen LogP) is 3.26. The summed E-state index contributed by atoms with van der Waals surface area (Å²) >= 11 is 0. The van der Waals surface area contributed by atoms with Crippen molar-refractivity contribution in [2.75, 3.05) is 0 Å². The normalized spacial score (nSPS) is 14.0. The van der Waals surface area contributed by atoms with Gasteiger partial charge in [0.1, 0.15) is 6.61 Å². The van der Waals surface area contributed by atoms with Crippen LogP contribution in [0.3, 0.4) is 0 Å². The number of nitro groups is 1. The van der Waals surface area contributed by atoms with Gasteiger partial charge in [0.05, 0.1) is 15.4 Å². The SMILES string of the molecule is O=C1c2ccccc2S(=O)(=O)c2c1cc(OCc1ccccc1)c(O)c2[N+](=O)[O-]. The first-order valence-electron chi connectivity index (χ1n) is 8.42. The Bertz CT molecular complexity index is 1270. The van der Waals surface area contributed by atoms with Gasteiger partial charge in [0, 0.05) is 5.56 Å². The van der Waals surface area contributed by atoms with Crippen molar-refractivity contribution in [3.05, 3.63) is 87.5 Å². The highest BCUT2D eigenvalue weighted by Gasteiger charge is 2.43. The van der Waals surface area contributed by atoms with Gasteiger partial charge in [0.2, 0.25) is 15.6 Å². The fourth-order valence-corrected chi connectivity index (χ4v) is 5.01. The summed E-state index contributed by atoms with van der Waals surface area (Å²) in [7, 11) is -4.39. The van der Waals surface area contributed by atoms with Crippen molar-refractivity contribution in [1.82, 2.24) is 0 Å². The molecule has 9 heteroatoms. The van der Waals surface area contributed by atoms with Crippen LogP contribution in [0.5, 0.6) is 11.5 Å². The lowest BCUT2D eigenvalue weighted by atomic mass is 10.0. The maximum Gasteiger partial charge on any atom is 0.334 e. The number of fused-ring (bicyclic) bond motifs is 2.